The minimum Gasteiger partial charge on any atom is -0.338 e. The molecule has 0 bridgehead atoms. The molecule has 0 fully saturated rings. The van der Waals surface area contributed by atoms with Crippen molar-refractivity contribution in [2.45, 2.75) is 52.0 Å². The molecule has 1 aromatic rings. The second-order valence-corrected chi connectivity index (χ2v) is 5.86. The van der Waals surface area contributed by atoms with Crippen LogP contribution >= 0.6 is 15.9 Å². The van der Waals surface area contributed by atoms with E-state index in [2.05, 4.69) is 53.7 Å². The Labute approximate surface area is 131 Å². The lowest BCUT2D eigenvalue weighted by Crippen LogP contribution is -2.43. The van der Waals surface area contributed by atoms with Crippen LogP contribution in [0.15, 0.2) is 30.3 Å². The van der Waals surface area contributed by atoms with Crippen LogP contribution in [0.3, 0.4) is 0 Å². The second-order valence-electron chi connectivity index (χ2n) is 5.06. The van der Waals surface area contributed by atoms with E-state index >= 15 is 0 Å². The number of hydrogen-bond donors (Lipinski definition) is 0. The SMILES string of the molecule is CCC(C(=O)N(CCBr)C(CC)CC)c1ccccc1. The zero-order chi connectivity index (χ0) is 15.0. The molecule has 1 aromatic carbocycles. The van der Waals surface area contributed by atoms with Gasteiger partial charge in [-0.1, -0.05) is 67.0 Å². The van der Waals surface area contributed by atoms with Gasteiger partial charge in [0, 0.05) is 17.9 Å². The van der Waals surface area contributed by atoms with Gasteiger partial charge < -0.3 is 4.90 Å². The highest BCUT2D eigenvalue weighted by Crippen LogP contribution is 2.24. The maximum atomic E-state index is 12.9. The zero-order valence-corrected chi connectivity index (χ0v) is 14.4. The quantitative estimate of drug-likeness (QED) is 0.634. The lowest BCUT2D eigenvalue weighted by molar-refractivity contribution is -0.135. The second kappa shape index (κ2) is 9.17. The summed E-state index contributed by atoms with van der Waals surface area (Å²) in [6.45, 7) is 7.20. The lowest BCUT2D eigenvalue weighted by atomic mass is 9.94. The summed E-state index contributed by atoms with van der Waals surface area (Å²) in [5, 5.41) is 0.834. The van der Waals surface area contributed by atoms with E-state index in [4.69, 9.17) is 0 Å². The third-order valence-electron chi connectivity index (χ3n) is 3.90. The summed E-state index contributed by atoms with van der Waals surface area (Å²) in [4.78, 5) is 15.0. The highest BCUT2D eigenvalue weighted by atomic mass is 79.9. The number of hydrogen-bond acceptors (Lipinski definition) is 1. The first kappa shape index (κ1) is 17.2. The first-order valence-corrected chi connectivity index (χ1v) is 8.72. The van der Waals surface area contributed by atoms with Gasteiger partial charge in [0.05, 0.1) is 5.92 Å². The van der Waals surface area contributed by atoms with Crippen molar-refractivity contribution in [3.63, 3.8) is 0 Å². The van der Waals surface area contributed by atoms with Gasteiger partial charge in [-0.2, -0.15) is 0 Å². The summed E-state index contributed by atoms with van der Waals surface area (Å²) in [5.41, 5.74) is 1.13. The maximum absolute atomic E-state index is 12.9. The van der Waals surface area contributed by atoms with Crippen molar-refractivity contribution in [2.75, 3.05) is 11.9 Å². The molecule has 1 amide bonds. The molecule has 0 saturated heterocycles. The van der Waals surface area contributed by atoms with Gasteiger partial charge in [-0.15, -0.1) is 0 Å². The van der Waals surface area contributed by atoms with E-state index in [1.165, 1.54) is 0 Å². The van der Waals surface area contributed by atoms with E-state index in [1.54, 1.807) is 0 Å². The Morgan fingerprint density at radius 1 is 1.10 bits per heavy atom. The molecule has 0 aliphatic carbocycles. The molecule has 0 radical (unpaired) electrons. The predicted octanol–water partition coefficient (Wildman–Crippen LogP) is 4.59. The molecule has 0 aliphatic heterocycles. The van der Waals surface area contributed by atoms with Gasteiger partial charge in [-0.25, -0.2) is 0 Å². The molecule has 0 aromatic heterocycles. The summed E-state index contributed by atoms with van der Waals surface area (Å²) in [6, 6.07) is 10.5. The molecular formula is C17H26BrNO. The molecule has 1 atom stereocenters. The van der Waals surface area contributed by atoms with Crippen molar-refractivity contribution in [1.29, 1.82) is 0 Å². The highest BCUT2D eigenvalue weighted by molar-refractivity contribution is 9.09. The molecular weight excluding hydrogens is 314 g/mol. The van der Waals surface area contributed by atoms with Crippen molar-refractivity contribution in [3.8, 4) is 0 Å². The van der Waals surface area contributed by atoms with Gasteiger partial charge >= 0.3 is 0 Å². The number of carbonyl (C=O) groups excluding carboxylic acids is 1. The molecule has 112 valence electrons. The van der Waals surface area contributed by atoms with Crippen LogP contribution in [0.5, 0.6) is 0 Å². The van der Waals surface area contributed by atoms with Crippen LogP contribution < -0.4 is 0 Å². The Hall–Kier alpha value is -0.830. The molecule has 0 N–H and O–H groups in total. The summed E-state index contributed by atoms with van der Waals surface area (Å²) in [7, 11) is 0. The van der Waals surface area contributed by atoms with Crippen molar-refractivity contribution < 1.29 is 4.79 Å². The van der Waals surface area contributed by atoms with Gasteiger partial charge in [0.2, 0.25) is 5.91 Å². The van der Waals surface area contributed by atoms with Crippen LogP contribution in [-0.4, -0.2) is 28.7 Å². The number of benzene rings is 1. The van der Waals surface area contributed by atoms with Crippen LogP contribution in [0.25, 0.3) is 0 Å². The van der Waals surface area contributed by atoms with Crippen molar-refractivity contribution in [2.24, 2.45) is 0 Å². The lowest BCUT2D eigenvalue weighted by Gasteiger charge is -2.33. The van der Waals surface area contributed by atoms with Gasteiger partial charge in [-0.05, 0) is 24.8 Å². The Balaban J connectivity index is 2.96. The van der Waals surface area contributed by atoms with Crippen LogP contribution in [0, 0.1) is 0 Å². The first-order chi connectivity index (χ1) is 9.69. The van der Waals surface area contributed by atoms with Crippen LogP contribution in [-0.2, 0) is 4.79 Å². The number of amides is 1. The van der Waals surface area contributed by atoms with E-state index in [1.807, 2.05) is 18.2 Å². The molecule has 3 heteroatoms. The van der Waals surface area contributed by atoms with E-state index in [9.17, 15) is 4.79 Å². The maximum Gasteiger partial charge on any atom is 0.230 e. The van der Waals surface area contributed by atoms with Crippen LogP contribution in [0.2, 0.25) is 0 Å². The van der Waals surface area contributed by atoms with Crippen LogP contribution in [0.4, 0.5) is 0 Å². The number of carbonyl (C=O) groups is 1. The molecule has 0 heterocycles. The standard InChI is InChI=1S/C17H26BrNO/c1-4-15(5-2)19(13-12-18)17(20)16(6-3)14-10-8-7-9-11-14/h7-11,15-16H,4-6,12-13H2,1-3H3. The zero-order valence-electron chi connectivity index (χ0n) is 12.8. The Morgan fingerprint density at radius 2 is 1.70 bits per heavy atom. The fraction of sp³-hybridized carbons (Fsp3) is 0.588. The molecule has 0 saturated carbocycles. The summed E-state index contributed by atoms with van der Waals surface area (Å²) in [5.74, 6) is 0.252. The number of rotatable bonds is 8. The highest BCUT2D eigenvalue weighted by Gasteiger charge is 2.27. The topological polar surface area (TPSA) is 20.3 Å². The summed E-state index contributed by atoms with van der Waals surface area (Å²) >= 11 is 3.48. The Bertz CT molecular complexity index is 389. The van der Waals surface area contributed by atoms with Gasteiger partial charge in [0.25, 0.3) is 0 Å². The van der Waals surface area contributed by atoms with E-state index in [0.717, 1.165) is 36.7 Å². The molecule has 20 heavy (non-hydrogen) atoms. The average Bonchev–Trinajstić information content (AvgIpc) is 2.49. The normalized spacial score (nSPS) is 12.4. The molecule has 2 nitrogen and oxygen atoms in total. The Morgan fingerprint density at radius 3 is 2.15 bits per heavy atom. The minimum absolute atomic E-state index is 0.0177. The van der Waals surface area contributed by atoms with E-state index in [-0.39, 0.29) is 11.8 Å². The summed E-state index contributed by atoms with van der Waals surface area (Å²) in [6.07, 6.45) is 2.88. The molecule has 0 aliphatic rings. The van der Waals surface area contributed by atoms with Crippen molar-refractivity contribution in [1.82, 2.24) is 4.90 Å². The first-order valence-electron chi connectivity index (χ1n) is 7.60. The fourth-order valence-corrected chi connectivity index (χ4v) is 3.11. The third-order valence-corrected chi connectivity index (χ3v) is 4.25. The third kappa shape index (κ3) is 4.34. The van der Waals surface area contributed by atoms with Gasteiger partial charge in [-0.3, -0.25) is 4.79 Å². The van der Waals surface area contributed by atoms with Crippen molar-refractivity contribution in [3.05, 3.63) is 35.9 Å². The molecule has 1 unspecified atom stereocenters. The number of nitrogens with zero attached hydrogens (tertiary/aromatic N) is 1. The smallest absolute Gasteiger partial charge is 0.230 e. The fourth-order valence-electron chi connectivity index (χ4n) is 2.73. The van der Waals surface area contributed by atoms with E-state index in [0.29, 0.717) is 6.04 Å². The predicted molar refractivity (Wildman–Crippen MR) is 89.4 cm³/mol. The summed E-state index contributed by atoms with van der Waals surface area (Å²) < 4.78 is 0. The minimum atomic E-state index is -0.0177. The Kier molecular flexibility index (Phi) is 7.90. The van der Waals surface area contributed by atoms with Crippen molar-refractivity contribution >= 4 is 21.8 Å². The molecule has 1 rings (SSSR count). The molecule has 0 spiro atoms. The largest absolute Gasteiger partial charge is 0.338 e. The number of alkyl halides is 1. The monoisotopic (exact) mass is 339 g/mol. The average molecular weight is 340 g/mol. The van der Waals surface area contributed by atoms with Gasteiger partial charge in [0.1, 0.15) is 0 Å². The van der Waals surface area contributed by atoms with Gasteiger partial charge in [0.15, 0.2) is 0 Å². The van der Waals surface area contributed by atoms with Crippen LogP contribution in [0.1, 0.15) is 51.5 Å². The number of halogens is 1. The van der Waals surface area contributed by atoms with E-state index < -0.39 is 0 Å².